The second-order valence-corrected chi connectivity index (χ2v) is 5.37. The molecule has 0 aromatic heterocycles. The minimum atomic E-state index is -0.156. The first-order valence-corrected chi connectivity index (χ1v) is 7.39. The van der Waals surface area contributed by atoms with Crippen LogP contribution in [0.3, 0.4) is 0 Å². The summed E-state index contributed by atoms with van der Waals surface area (Å²) in [6, 6.07) is 5.42. The average molecular weight is 254 g/mol. The lowest BCUT2D eigenvalue weighted by molar-refractivity contribution is 0.595. The molecule has 0 aliphatic carbocycles. The van der Waals surface area contributed by atoms with Gasteiger partial charge in [-0.2, -0.15) is 11.8 Å². The molecule has 17 heavy (non-hydrogen) atoms. The van der Waals surface area contributed by atoms with Gasteiger partial charge in [-0.1, -0.05) is 6.07 Å². The first-order chi connectivity index (χ1) is 8.26. The molecule has 2 nitrogen and oxygen atoms in total. The number of hydrogen-bond donors (Lipinski definition) is 1. The molecule has 1 aromatic rings. The predicted octanol–water partition coefficient (Wildman–Crippen LogP) is 2.27. The highest BCUT2D eigenvalue weighted by Gasteiger charge is 2.25. The zero-order chi connectivity index (χ0) is 12.3. The third-order valence-corrected chi connectivity index (χ3v) is 3.99. The van der Waals surface area contributed by atoms with Crippen LogP contribution in [-0.4, -0.2) is 31.1 Å². The van der Waals surface area contributed by atoms with Gasteiger partial charge in [-0.25, -0.2) is 4.39 Å². The fourth-order valence-electron chi connectivity index (χ4n) is 2.41. The van der Waals surface area contributed by atoms with Gasteiger partial charge in [0.2, 0.25) is 0 Å². The van der Waals surface area contributed by atoms with Crippen molar-refractivity contribution >= 4 is 17.4 Å². The number of thioether (sulfide) groups is 1. The molecule has 0 saturated heterocycles. The highest BCUT2D eigenvalue weighted by molar-refractivity contribution is 7.98. The standard InChI is InChI=1S/C13H19FN2S/c1-17-7-5-12(9-15)16-6-4-10-2-3-11(14)8-13(10)16/h2-3,8,12H,4-7,9,15H2,1H3. The van der Waals surface area contributed by atoms with Crippen molar-refractivity contribution in [1.82, 2.24) is 0 Å². The van der Waals surface area contributed by atoms with Crippen molar-refractivity contribution in [2.24, 2.45) is 5.73 Å². The number of nitrogens with two attached hydrogens (primary N) is 1. The molecular weight excluding hydrogens is 235 g/mol. The van der Waals surface area contributed by atoms with E-state index in [0.29, 0.717) is 12.6 Å². The van der Waals surface area contributed by atoms with Gasteiger partial charge < -0.3 is 10.6 Å². The lowest BCUT2D eigenvalue weighted by Gasteiger charge is -2.29. The van der Waals surface area contributed by atoms with Crippen molar-refractivity contribution in [1.29, 1.82) is 0 Å². The fraction of sp³-hybridized carbons (Fsp3) is 0.538. The van der Waals surface area contributed by atoms with E-state index in [1.807, 2.05) is 17.8 Å². The molecule has 2 rings (SSSR count). The van der Waals surface area contributed by atoms with Crippen LogP contribution < -0.4 is 10.6 Å². The van der Waals surface area contributed by atoms with Crippen LogP contribution in [0.25, 0.3) is 0 Å². The third kappa shape index (κ3) is 2.75. The lowest BCUT2D eigenvalue weighted by atomic mass is 10.1. The molecule has 1 unspecified atom stereocenters. The first-order valence-electron chi connectivity index (χ1n) is 6.00. The second kappa shape index (κ2) is 5.74. The van der Waals surface area contributed by atoms with Crippen LogP contribution in [0.2, 0.25) is 0 Å². The van der Waals surface area contributed by atoms with E-state index in [0.717, 1.165) is 30.8 Å². The van der Waals surface area contributed by atoms with Crippen LogP contribution in [0.4, 0.5) is 10.1 Å². The highest BCUT2D eigenvalue weighted by Crippen LogP contribution is 2.31. The maximum atomic E-state index is 13.3. The Kier molecular flexibility index (Phi) is 4.29. The van der Waals surface area contributed by atoms with Crippen molar-refractivity contribution in [3.63, 3.8) is 0 Å². The minimum absolute atomic E-state index is 0.156. The topological polar surface area (TPSA) is 29.3 Å². The summed E-state index contributed by atoms with van der Waals surface area (Å²) in [6.07, 6.45) is 4.17. The lowest BCUT2D eigenvalue weighted by Crippen LogP contribution is -2.40. The molecule has 1 aliphatic rings. The summed E-state index contributed by atoms with van der Waals surface area (Å²) >= 11 is 1.83. The van der Waals surface area contributed by atoms with Gasteiger partial charge in [-0.3, -0.25) is 0 Å². The summed E-state index contributed by atoms with van der Waals surface area (Å²) in [5.41, 5.74) is 8.13. The predicted molar refractivity (Wildman–Crippen MR) is 73.3 cm³/mol. The SMILES string of the molecule is CSCCC(CN)N1CCc2ccc(F)cc21. The number of benzene rings is 1. The Balaban J connectivity index is 2.16. The molecule has 0 saturated carbocycles. The maximum Gasteiger partial charge on any atom is 0.125 e. The van der Waals surface area contributed by atoms with Gasteiger partial charge in [0.05, 0.1) is 0 Å². The molecule has 0 radical (unpaired) electrons. The van der Waals surface area contributed by atoms with Crippen molar-refractivity contribution in [3.8, 4) is 0 Å². The van der Waals surface area contributed by atoms with Gasteiger partial charge in [0.25, 0.3) is 0 Å². The molecule has 94 valence electrons. The summed E-state index contributed by atoms with van der Waals surface area (Å²) in [4.78, 5) is 2.27. The highest BCUT2D eigenvalue weighted by atomic mass is 32.2. The molecule has 4 heteroatoms. The van der Waals surface area contributed by atoms with Crippen molar-refractivity contribution in [3.05, 3.63) is 29.6 Å². The van der Waals surface area contributed by atoms with Crippen LogP contribution in [0.1, 0.15) is 12.0 Å². The molecule has 1 atom stereocenters. The van der Waals surface area contributed by atoms with Gasteiger partial charge in [-0.05, 0) is 42.5 Å². The molecule has 1 aromatic carbocycles. The Hall–Kier alpha value is -0.740. The van der Waals surface area contributed by atoms with Gasteiger partial charge in [0.1, 0.15) is 5.82 Å². The van der Waals surface area contributed by atoms with E-state index < -0.39 is 0 Å². The number of nitrogens with zero attached hydrogens (tertiary/aromatic N) is 1. The van der Waals surface area contributed by atoms with E-state index in [1.54, 1.807) is 12.1 Å². The van der Waals surface area contributed by atoms with Gasteiger partial charge in [0, 0.05) is 24.8 Å². The number of hydrogen-bond acceptors (Lipinski definition) is 3. The summed E-state index contributed by atoms with van der Waals surface area (Å²) in [5.74, 6) is 0.944. The zero-order valence-corrected chi connectivity index (χ0v) is 11.0. The second-order valence-electron chi connectivity index (χ2n) is 4.39. The van der Waals surface area contributed by atoms with E-state index >= 15 is 0 Å². The van der Waals surface area contributed by atoms with Crippen LogP contribution >= 0.6 is 11.8 Å². The average Bonchev–Trinajstić information content (AvgIpc) is 2.73. The largest absolute Gasteiger partial charge is 0.367 e. The normalized spacial score (nSPS) is 16.1. The smallest absolute Gasteiger partial charge is 0.125 e. The van der Waals surface area contributed by atoms with E-state index in [1.165, 1.54) is 5.56 Å². The number of anilines is 1. The first kappa shape index (κ1) is 12.7. The number of halogens is 1. The third-order valence-electron chi connectivity index (χ3n) is 3.35. The zero-order valence-electron chi connectivity index (χ0n) is 10.2. The van der Waals surface area contributed by atoms with Crippen molar-refractivity contribution < 1.29 is 4.39 Å². The Bertz CT molecular complexity index is 384. The quantitative estimate of drug-likeness (QED) is 0.874. The Morgan fingerprint density at radius 2 is 2.35 bits per heavy atom. The van der Waals surface area contributed by atoms with Gasteiger partial charge in [0.15, 0.2) is 0 Å². The molecule has 0 bridgehead atoms. The summed E-state index contributed by atoms with van der Waals surface area (Å²) in [6.45, 7) is 1.60. The van der Waals surface area contributed by atoms with Crippen molar-refractivity contribution in [2.75, 3.05) is 30.0 Å². The summed E-state index contributed by atoms with van der Waals surface area (Å²) in [7, 11) is 0. The number of rotatable bonds is 5. The van der Waals surface area contributed by atoms with Crippen molar-refractivity contribution in [2.45, 2.75) is 18.9 Å². The molecule has 1 heterocycles. The van der Waals surface area contributed by atoms with E-state index in [2.05, 4.69) is 11.2 Å². The molecule has 0 fully saturated rings. The molecule has 2 N–H and O–H groups in total. The van der Waals surface area contributed by atoms with E-state index in [-0.39, 0.29) is 5.82 Å². The van der Waals surface area contributed by atoms with Crippen LogP contribution in [-0.2, 0) is 6.42 Å². The molecule has 0 spiro atoms. The Labute approximate surface area is 106 Å². The van der Waals surface area contributed by atoms with Crippen LogP contribution in [0.15, 0.2) is 18.2 Å². The Morgan fingerprint density at radius 3 is 3.06 bits per heavy atom. The van der Waals surface area contributed by atoms with Crippen LogP contribution in [0, 0.1) is 5.82 Å². The van der Waals surface area contributed by atoms with E-state index in [9.17, 15) is 4.39 Å². The fourth-order valence-corrected chi connectivity index (χ4v) is 2.92. The molecule has 0 amide bonds. The molecule has 1 aliphatic heterocycles. The van der Waals surface area contributed by atoms with Crippen LogP contribution in [0.5, 0.6) is 0 Å². The van der Waals surface area contributed by atoms with E-state index in [4.69, 9.17) is 5.73 Å². The maximum absolute atomic E-state index is 13.3. The Morgan fingerprint density at radius 1 is 1.53 bits per heavy atom. The van der Waals surface area contributed by atoms with Gasteiger partial charge >= 0.3 is 0 Å². The minimum Gasteiger partial charge on any atom is -0.367 e. The summed E-state index contributed by atoms with van der Waals surface area (Å²) in [5, 5.41) is 0. The number of fused-ring (bicyclic) bond motifs is 1. The monoisotopic (exact) mass is 254 g/mol. The molecular formula is C13H19FN2S. The summed E-state index contributed by atoms with van der Waals surface area (Å²) < 4.78 is 13.3. The van der Waals surface area contributed by atoms with Gasteiger partial charge in [-0.15, -0.1) is 0 Å².